The van der Waals surface area contributed by atoms with Gasteiger partial charge in [-0.2, -0.15) is 0 Å². The average molecular weight is 165 g/mol. The first kappa shape index (κ1) is 8.91. The van der Waals surface area contributed by atoms with Crippen molar-refractivity contribution in [2.45, 2.75) is 26.2 Å². The number of rotatable bonds is 0. The standard InChI is InChI=1S/C10H13O2/c1-10(2,3)8-6-7(11)4-5-9(8)12/h4-6,11H,1-3H3. The molecular weight excluding hydrogens is 152 g/mol. The Morgan fingerprint density at radius 3 is 2.25 bits per heavy atom. The van der Waals surface area contributed by atoms with Gasteiger partial charge < -0.3 is 5.11 Å². The molecule has 0 saturated carbocycles. The lowest BCUT2D eigenvalue weighted by atomic mass is 9.86. The maximum absolute atomic E-state index is 11.3. The van der Waals surface area contributed by atoms with Gasteiger partial charge in [0.2, 0.25) is 0 Å². The zero-order chi connectivity index (χ0) is 9.35. The predicted octanol–water partition coefficient (Wildman–Crippen LogP) is 2.83. The first-order valence-electron chi connectivity index (χ1n) is 3.92. The van der Waals surface area contributed by atoms with Gasteiger partial charge in [0, 0.05) is 5.56 Å². The second kappa shape index (κ2) is 2.70. The van der Waals surface area contributed by atoms with E-state index >= 15 is 0 Å². The zero-order valence-corrected chi connectivity index (χ0v) is 7.59. The molecule has 1 N–H and O–H groups in total. The van der Waals surface area contributed by atoms with Crippen LogP contribution >= 0.6 is 0 Å². The molecule has 1 rings (SSSR count). The van der Waals surface area contributed by atoms with E-state index in [9.17, 15) is 5.11 Å². The minimum atomic E-state index is -0.199. The summed E-state index contributed by atoms with van der Waals surface area (Å²) in [7, 11) is 0. The van der Waals surface area contributed by atoms with Gasteiger partial charge in [0.15, 0.2) is 5.75 Å². The van der Waals surface area contributed by atoms with Gasteiger partial charge in [-0.25, -0.2) is 0 Å². The van der Waals surface area contributed by atoms with Crippen molar-refractivity contribution >= 4 is 0 Å². The summed E-state index contributed by atoms with van der Waals surface area (Å²) in [5, 5.41) is 20.5. The minimum Gasteiger partial charge on any atom is -0.508 e. The molecule has 0 aliphatic carbocycles. The molecule has 0 atom stereocenters. The third kappa shape index (κ3) is 1.70. The molecule has 2 nitrogen and oxygen atoms in total. The smallest absolute Gasteiger partial charge is 0.182 e. The normalized spacial score (nSPS) is 11.6. The second-order valence-corrected chi connectivity index (χ2v) is 3.93. The van der Waals surface area contributed by atoms with Gasteiger partial charge in [0.1, 0.15) is 5.75 Å². The number of hydrogen-bond donors (Lipinski definition) is 1. The molecule has 0 amide bonds. The van der Waals surface area contributed by atoms with Crippen LogP contribution in [-0.2, 0) is 10.5 Å². The van der Waals surface area contributed by atoms with Crippen LogP contribution in [-0.4, -0.2) is 5.11 Å². The summed E-state index contributed by atoms with van der Waals surface area (Å²) in [5.74, 6) is 0.139. The van der Waals surface area contributed by atoms with E-state index in [1.165, 1.54) is 18.2 Å². The van der Waals surface area contributed by atoms with Crippen LogP contribution in [0.15, 0.2) is 18.2 Å². The lowest BCUT2D eigenvalue weighted by Gasteiger charge is -2.19. The molecule has 0 spiro atoms. The summed E-state index contributed by atoms with van der Waals surface area (Å²) in [5.41, 5.74) is 0.457. The molecule has 65 valence electrons. The molecule has 1 aromatic carbocycles. The van der Waals surface area contributed by atoms with Crippen molar-refractivity contribution in [1.82, 2.24) is 0 Å². The maximum atomic E-state index is 11.3. The maximum Gasteiger partial charge on any atom is 0.182 e. The van der Waals surface area contributed by atoms with Gasteiger partial charge in [-0.1, -0.05) is 20.8 Å². The number of phenols is 1. The van der Waals surface area contributed by atoms with Crippen molar-refractivity contribution in [3.63, 3.8) is 0 Å². The first-order valence-corrected chi connectivity index (χ1v) is 3.92. The number of benzene rings is 1. The van der Waals surface area contributed by atoms with Crippen molar-refractivity contribution in [2.24, 2.45) is 0 Å². The molecule has 0 heterocycles. The highest BCUT2D eigenvalue weighted by Gasteiger charge is 2.19. The molecule has 0 unspecified atom stereocenters. The van der Waals surface area contributed by atoms with Crippen LogP contribution in [0.1, 0.15) is 26.3 Å². The summed E-state index contributed by atoms with van der Waals surface area (Å²) in [6, 6.07) is 4.34. The van der Waals surface area contributed by atoms with Gasteiger partial charge in [0.05, 0.1) is 0 Å². The average Bonchev–Trinajstić information content (AvgIpc) is 1.92. The number of hydrogen-bond acceptors (Lipinski definition) is 1. The van der Waals surface area contributed by atoms with Gasteiger partial charge >= 0.3 is 0 Å². The molecule has 12 heavy (non-hydrogen) atoms. The number of phenolic OH excluding ortho intramolecular Hbond substituents is 1. The molecular formula is C10H13O2. The zero-order valence-electron chi connectivity index (χ0n) is 7.59. The van der Waals surface area contributed by atoms with E-state index < -0.39 is 0 Å². The van der Waals surface area contributed by atoms with E-state index in [0.29, 0.717) is 5.56 Å². The van der Waals surface area contributed by atoms with Crippen LogP contribution in [0.25, 0.3) is 0 Å². The van der Waals surface area contributed by atoms with Crippen LogP contribution in [0.5, 0.6) is 11.5 Å². The van der Waals surface area contributed by atoms with E-state index in [-0.39, 0.29) is 16.9 Å². The Kier molecular flexibility index (Phi) is 2.01. The molecule has 1 radical (unpaired) electrons. The monoisotopic (exact) mass is 165 g/mol. The first-order chi connectivity index (χ1) is 5.41. The Bertz CT molecular complexity index is 284. The molecule has 2 heteroatoms. The Morgan fingerprint density at radius 1 is 1.25 bits per heavy atom. The van der Waals surface area contributed by atoms with E-state index in [2.05, 4.69) is 0 Å². The van der Waals surface area contributed by atoms with Crippen LogP contribution < -0.4 is 0 Å². The van der Waals surface area contributed by atoms with Crippen LogP contribution in [0.4, 0.5) is 0 Å². The van der Waals surface area contributed by atoms with Crippen molar-refractivity contribution in [1.29, 1.82) is 0 Å². The molecule has 0 aliphatic heterocycles. The Morgan fingerprint density at radius 2 is 1.83 bits per heavy atom. The van der Waals surface area contributed by atoms with Crippen molar-refractivity contribution in [2.75, 3.05) is 0 Å². The molecule has 0 bridgehead atoms. The van der Waals surface area contributed by atoms with E-state index in [0.717, 1.165) is 0 Å². The van der Waals surface area contributed by atoms with Gasteiger partial charge in [-0.15, -0.1) is 0 Å². The molecule has 0 aliphatic rings. The minimum absolute atomic E-state index is 0.0136. The third-order valence-corrected chi connectivity index (χ3v) is 1.77. The third-order valence-electron chi connectivity index (χ3n) is 1.77. The summed E-state index contributed by atoms with van der Waals surface area (Å²) >= 11 is 0. The van der Waals surface area contributed by atoms with Gasteiger partial charge in [0.25, 0.3) is 0 Å². The highest BCUT2D eigenvalue weighted by molar-refractivity contribution is 5.42. The lowest BCUT2D eigenvalue weighted by Crippen LogP contribution is -2.10. The fourth-order valence-electron chi connectivity index (χ4n) is 1.10. The fourth-order valence-corrected chi connectivity index (χ4v) is 1.10. The van der Waals surface area contributed by atoms with E-state index in [4.69, 9.17) is 5.11 Å². The summed E-state index contributed by atoms with van der Waals surface area (Å²) in [6.45, 7) is 5.84. The highest BCUT2D eigenvalue weighted by Crippen LogP contribution is 2.33. The Hall–Kier alpha value is -1.18. The fraction of sp³-hybridized carbons (Fsp3) is 0.400. The Balaban J connectivity index is 3.23. The largest absolute Gasteiger partial charge is 0.508 e. The molecule has 1 aromatic rings. The van der Waals surface area contributed by atoms with Crippen LogP contribution in [0, 0.1) is 0 Å². The van der Waals surface area contributed by atoms with Crippen molar-refractivity contribution in [3.8, 4) is 11.5 Å². The molecule has 0 aromatic heterocycles. The predicted molar refractivity (Wildman–Crippen MR) is 46.9 cm³/mol. The summed E-state index contributed by atoms with van der Waals surface area (Å²) in [4.78, 5) is 0. The Labute approximate surface area is 72.5 Å². The van der Waals surface area contributed by atoms with Crippen molar-refractivity contribution < 1.29 is 10.2 Å². The summed E-state index contributed by atoms with van der Waals surface area (Å²) in [6.07, 6.45) is 0. The van der Waals surface area contributed by atoms with Crippen molar-refractivity contribution in [3.05, 3.63) is 23.8 Å². The lowest BCUT2D eigenvalue weighted by molar-refractivity contribution is 0.339. The van der Waals surface area contributed by atoms with Gasteiger partial charge in [-0.3, -0.25) is 5.11 Å². The highest BCUT2D eigenvalue weighted by atomic mass is 16.3. The second-order valence-electron chi connectivity index (χ2n) is 3.93. The SMILES string of the molecule is CC(C)(C)c1cc(O)ccc1[O]. The van der Waals surface area contributed by atoms with E-state index in [1.54, 1.807) is 0 Å². The number of aromatic hydroxyl groups is 1. The van der Waals surface area contributed by atoms with Gasteiger partial charge in [-0.05, 0) is 23.6 Å². The quantitative estimate of drug-likeness (QED) is 0.630. The van der Waals surface area contributed by atoms with Crippen LogP contribution in [0.2, 0.25) is 0 Å². The van der Waals surface area contributed by atoms with E-state index in [1.807, 2.05) is 20.8 Å². The van der Waals surface area contributed by atoms with Crippen LogP contribution in [0.3, 0.4) is 0 Å². The topological polar surface area (TPSA) is 40.1 Å². The molecule has 0 saturated heterocycles. The molecule has 0 fully saturated rings. The summed E-state index contributed by atoms with van der Waals surface area (Å²) < 4.78 is 0.